The number of rotatable bonds is 8. The van der Waals surface area contributed by atoms with Gasteiger partial charge in [0.2, 0.25) is 0 Å². The van der Waals surface area contributed by atoms with Crippen LogP contribution < -0.4 is 20.1 Å². The predicted molar refractivity (Wildman–Crippen MR) is 149 cm³/mol. The summed E-state index contributed by atoms with van der Waals surface area (Å²) in [5.74, 6) is 2.33. The summed E-state index contributed by atoms with van der Waals surface area (Å²) in [5, 5.41) is 6.08. The van der Waals surface area contributed by atoms with Gasteiger partial charge in [0.15, 0.2) is 0 Å². The highest BCUT2D eigenvalue weighted by molar-refractivity contribution is 5.98. The minimum Gasteiger partial charge on any atom is -0.496 e. The molecule has 4 aliphatic rings. The van der Waals surface area contributed by atoms with Crippen LogP contribution in [0.15, 0.2) is 36.4 Å². The van der Waals surface area contributed by atoms with Gasteiger partial charge in [0.1, 0.15) is 11.5 Å². The molecule has 0 unspecified atom stereocenters. The maximum Gasteiger partial charge on any atom is 0.255 e. The number of ether oxygens (including phenoxy) is 2. The molecule has 204 valence electrons. The lowest BCUT2D eigenvalue weighted by atomic mass is 9.41. The fraction of sp³-hybridized carbons (Fsp3) is 0.562. The molecule has 2 amide bonds. The molecule has 2 aromatic carbocycles. The van der Waals surface area contributed by atoms with Crippen molar-refractivity contribution < 1.29 is 19.1 Å². The minimum atomic E-state index is -0.0888. The molecular weight excluding hydrogens is 476 g/mol. The summed E-state index contributed by atoms with van der Waals surface area (Å²) in [4.78, 5) is 26.2. The van der Waals surface area contributed by atoms with E-state index in [0.29, 0.717) is 34.5 Å². The largest absolute Gasteiger partial charge is 0.496 e. The maximum atomic E-state index is 13.1. The standard InChI is InChI=1S/C32H42N2O4/c1-19(2)33-29(35)25-12-23(7-9-27(25)37-5)31-14-21-11-22(15-31)17-32(16-21,18-31)24-8-10-28(38-6)26(13-24)30(36)34-20(3)4/h7-10,12-13,19-22H,11,14-18H2,1-6H3,(H,33,35)(H,34,36). The lowest BCUT2D eigenvalue weighted by Crippen LogP contribution is -2.56. The van der Waals surface area contributed by atoms with Crippen LogP contribution in [0.4, 0.5) is 0 Å². The average Bonchev–Trinajstić information content (AvgIpc) is 2.86. The normalized spacial score (nSPS) is 27.5. The first-order valence-electron chi connectivity index (χ1n) is 14.1. The van der Waals surface area contributed by atoms with E-state index in [1.165, 1.54) is 17.5 Å². The second-order valence-corrected chi connectivity index (χ2v) is 12.6. The van der Waals surface area contributed by atoms with E-state index in [-0.39, 0.29) is 34.7 Å². The van der Waals surface area contributed by atoms with E-state index < -0.39 is 0 Å². The minimum absolute atomic E-state index is 0.0174. The molecule has 6 nitrogen and oxygen atoms in total. The highest BCUT2D eigenvalue weighted by atomic mass is 16.5. The van der Waals surface area contributed by atoms with E-state index in [9.17, 15) is 9.59 Å². The molecule has 2 aromatic rings. The number of nitrogens with one attached hydrogen (secondary N) is 2. The van der Waals surface area contributed by atoms with Crippen molar-refractivity contribution in [1.29, 1.82) is 0 Å². The van der Waals surface area contributed by atoms with Gasteiger partial charge in [0, 0.05) is 12.1 Å². The number of methoxy groups -OCH3 is 2. The summed E-state index contributed by atoms with van der Waals surface area (Å²) in [7, 11) is 3.25. The average molecular weight is 519 g/mol. The summed E-state index contributed by atoms with van der Waals surface area (Å²) >= 11 is 0. The second-order valence-electron chi connectivity index (χ2n) is 12.6. The van der Waals surface area contributed by atoms with Crippen molar-refractivity contribution in [3.05, 3.63) is 58.7 Å². The van der Waals surface area contributed by atoms with E-state index in [2.05, 4.69) is 34.9 Å². The Morgan fingerprint density at radius 2 is 1.13 bits per heavy atom. The van der Waals surface area contributed by atoms with Gasteiger partial charge in [-0.3, -0.25) is 9.59 Å². The molecule has 0 aromatic heterocycles. The van der Waals surface area contributed by atoms with Crippen LogP contribution in [0.1, 0.15) is 98.1 Å². The van der Waals surface area contributed by atoms with Crippen LogP contribution >= 0.6 is 0 Å². The van der Waals surface area contributed by atoms with Crippen molar-refractivity contribution in [2.75, 3.05) is 14.2 Å². The number of amides is 2. The topological polar surface area (TPSA) is 76.7 Å². The van der Waals surface area contributed by atoms with Crippen molar-refractivity contribution in [3.63, 3.8) is 0 Å². The number of carbonyl (C=O) groups is 2. The third-order valence-electron chi connectivity index (χ3n) is 9.01. The quantitative estimate of drug-likeness (QED) is 0.465. The van der Waals surface area contributed by atoms with Crippen molar-refractivity contribution in [2.24, 2.45) is 11.8 Å². The van der Waals surface area contributed by atoms with Gasteiger partial charge in [-0.05, 0) is 124 Å². The van der Waals surface area contributed by atoms with E-state index in [1.807, 2.05) is 39.8 Å². The van der Waals surface area contributed by atoms with Crippen LogP contribution in [0, 0.1) is 11.8 Å². The lowest BCUT2D eigenvalue weighted by Gasteiger charge is -2.63. The highest BCUT2D eigenvalue weighted by Crippen LogP contribution is 2.66. The molecule has 4 bridgehead atoms. The molecule has 0 heterocycles. The van der Waals surface area contributed by atoms with Gasteiger partial charge in [0.05, 0.1) is 25.3 Å². The van der Waals surface area contributed by atoms with Crippen LogP contribution in [0.2, 0.25) is 0 Å². The third-order valence-corrected chi connectivity index (χ3v) is 9.01. The third kappa shape index (κ3) is 4.67. The molecule has 4 aliphatic carbocycles. The zero-order chi connectivity index (χ0) is 27.2. The first kappa shape index (κ1) is 26.6. The zero-order valence-electron chi connectivity index (χ0n) is 23.6. The Labute approximate surface area is 226 Å². The Balaban J connectivity index is 1.55. The molecule has 0 saturated heterocycles. The smallest absolute Gasteiger partial charge is 0.255 e. The van der Waals surface area contributed by atoms with Gasteiger partial charge < -0.3 is 20.1 Å². The van der Waals surface area contributed by atoms with Gasteiger partial charge in [0.25, 0.3) is 11.8 Å². The number of benzene rings is 2. The first-order valence-corrected chi connectivity index (χ1v) is 14.1. The Kier molecular flexibility index (Phi) is 6.95. The van der Waals surface area contributed by atoms with Gasteiger partial charge in [-0.15, -0.1) is 0 Å². The van der Waals surface area contributed by atoms with Crippen LogP contribution in [0.3, 0.4) is 0 Å². The monoisotopic (exact) mass is 518 g/mol. The summed E-state index contributed by atoms with van der Waals surface area (Å²) in [5.41, 5.74) is 3.75. The Bertz CT molecular complexity index is 1130. The summed E-state index contributed by atoms with van der Waals surface area (Å²) in [6.45, 7) is 7.90. The number of hydrogen-bond acceptors (Lipinski definition) is 4. The zero-order valence-corrected chi connectivity index (χ0v) is 23.6. The summed E-state index contributed by atoms with van der Waals surface area (Å²) in [6.07, 6.45) is 6.91. The van der Waals surface area contributed by atoms with Gasteiger partial charge in [-0.2, -0.15) is 0 Å². The molecular formula is C32H42N2O4. The molecule has 6 rings (SSSR count). The number of carbonyl (C=O) groups excluding carboxylic acids is 2. The molecule has 6 heteroatoms. The summed E-state index contributed by atoms with van der Waals surface area (Å²) in [6, 6.07) is 12.6. The van der Waals surface area contributed by atoms with Gasteiger partial charge in [-0.1, -0.05) is 12.1 Å². The SMILES string of the molecule is COc1ccc(C23CC4CC(C2)CC(c2ccc(OC)c(C(=O)NC(C)C)c2)(C4)C3)cc1C(=O)NC(C)C. The fourth-order valence-electron chi connectivity index (χ4n) is 8.05. The molecule has 0 aliphatic heterocycles. The molecule has 38 heavy (non-hydrogen) atoms. The van der Waals surface area contributed by atoms with E-state index in [4.69, 9.17) is 9.47 Å². The molecule has 4 saturated carbocycles. The van der Waals surface area contributed by atoms with Crippen LogP contribution in [0.5, 0.6) is 11.5 Å². The van der Waals surface area contributed by atoms with Gasteiger partial charge in [-0.25, -0.2) is 0 Å². The molecule has 0 radical (unpaired) electrons. The first-order chi connectivity index (χ1) is 18.1. The highest BCUT2D eigenvalue weighted by Gasteiger charge is 2.58. The maximum absolute atomic E-state index is 13.1. The van der Waals surface area contributed by atoms with Crippen molar-refractivity contribution in [1.82, 2.24) is 10.6 Å². The van der Waals surface area contributed by atoms with Crippen LogP contribution in [-0.4, -0.2) is 38.1 Å². The second kappa shape index (κ2) is 9.94. The van der Waals surface area contributed by atoms with E-state index in [0.717, 1.165) is 32.1 Å². The van der Waals surface area contributed by atoms with Crippen molar-refractivity contribution in [2.45, 2.75) is 89.1 Å². The van der Waals surface area contributed by atoms with Crippen LogP contribution in [0.25, 0.3) is 0 Å². The molecule has 0 spiro atoms. The van der Waals surface area contributed by atoms with E-state index in [1.54, 1.807) is 14.2 Å². The number of hydrogen-bond donors (Lipinski definition) is 2. The van der Waals surface area contributed by atoms with Crippen LogP contribution in [-0.2, 0) is 10.8 Å². The molecule has 2 N–H and O–H groups in total. The summed E-state index contributed by atoms with van der Waals surface area (Å²) < 4.78 is 11.2. The Morgan fingerprint density at radius 3 is 1.47 bits per heavy atom. The van der Waals surface area contributed by atoms with Crippen molar-refractivity contribution in [3.8, 4) is 11.5 Å². The molecule has 4 fully saturated rings. The molecule has 0 atom stereocenters. The Morgan fingerprint density at radius 1 is 0.737 bits per heavy atom. The van der Waals surface area contributed by atoms with Gasteiger partial charge >= 0.3 is 0 Å². The predicted octanol–water partition coefficient (Wildman–Crippen LogP) is 5.77. The lowest BCUT2D eigenvalue weighted by molar-refractivity contribution is -0.0281. The Hall–Kier alpha value is -3.02. The fourth-order valence-corrected chi connectivity index (χ4v) is 8.05. The van der Waals surface area contributed by atoms with E-state index >= 15 is 0 Å². The van der Waals surface area contributed by atoms with Crippen molar-refractivity contribution >= 4 is 11.8 Å².